The van der Waals surface area contributed by atoms with Crippen molar-refractivity contribution in [2.45, 2.75) is 70.4 Å². The Kier molecular flexibility index (Phi) is 9.04. The number of carboxylic acid groups (broad SMARTS) is 1. The highest BCUT2D eigenvalue weighted by atomic mass is 31.2. The predicted molar refractivity (Wildman–Crippen MR) is 114 cm³/mol. The third-order valence-corrected chi connectivity index (χ3v) is 6.17. The Morgan fingerprint density at radius 3 is 2.20 bits per heavy atom. The molecule has 168 valence electrons. The molecule has 1 aliphatic rings. The highest BCUT2D eigenvalue weighted by Gasteiger charge is 2.29. The molecule has 0 unspecified atom stereocenters. The lowest BCUT2D eigenvalue weighted by Crippen LogP contribution is -2.53. The van der Waals surface area contributed by atoms with Gasteiger partial charge in [-0.1, -0.05) is 57.4 Å². The van der Waals surface area contributed by atoms with Gasteiger partial charge in [0.05, 0.1) is 12.3 Å². The number of hydrogen-bond donors (Lipinski definition) is 5. The van der Waals surface area contributed by atoms with E-state index in [2.05, 4.69) is 10.6 Å². The largest absolute Gasteiger partial charge is 0.480 e. The molecule has 2 rings (SSSR count). The first-order valence-electron chi connectivity index (χ1n) is 10.5. The van der Waals surface area contributed by atoms with Crippen molar-refractivity contribution in [3.05, 3.63) is 35.4 Å². The summed E-state index contributed by atoms with van der Waals surface area (Å²) >= 11 is 0. The van der Waals surface area contributed by atoms with Crippen molar-refractivity contribution in [1.29, 1.82) is 0 Å². The molecule has 9 heteroatoms. The number of carbonyl (C=O) groups excluding carboxylic acids is 1. The minimum atomic E-state index is -4.33. The smallest absolute Gasteiger partial charge is 0.339 e. The van der Waals surface area contributed by atoms with E-state index in [9.17, 15) is 19.3 Å². The van der Waals surface area contributed by atoms with E-state index < -0.39 is 37.8 Å². The summed E-state index contributed by atoms with van der Waals surface area (Å²) in [5.41, 5.74) is 2.09. The second kappa shape index (κ2) is 11.0. The van der Waals surface area contributed by atoms with Crippen molar-refractivity contribution >= 4 is 19.5 Å². The zero-order valence-electron chi connectivity index (χ0n) is 17.6. The number of rotatable bonds is 10. The number of hydrogen-bond acceptors (Lipinski definition) is 4. The van der Waals surface area contributed by atoms with Crippen LogP contribution in [0.5, 0.6) is 0 Å². The van der Waals surface area contributed by atoms with Gasteiger partial charge in [0.1, 0.15) is 6.04 Å². The van der Waals surface area contributed by atoms with Crippen LogP contribution in [0.1, 0.15) is 63.0 Å². The third kappa shape index (κ3) is 7.84. The van der Waals surface area contributed by atoms with E-state index in [-0.39, 0.29) is 12.3 Å². The summed E-state index contributed by atoms with van der Waals surface area (Å²) in [6, 6.07) is 5.88. The minimum absolute atomic E-state index is 0.134. The molecule has 0 spiro atoms. The zero-order valence-corrected chi connectivity index (χ0v) is 18.5. The van der Waals surface area contributed by atoms with Crippen molar-refractivity contribution in [3.63, 3.8) is 0 Å². The van der Waals surface area contributed by atoms with Gasteiger partial charge in [0.15, 0.2) is 0 Å². The first-order valence-corrected chi connectivity index (χ1v) is 12.3. The topological polar surface area (TPSA) is 136 Å². The molecule has 1 saturated carbocycles. The molecular formula is C21H33N2O6P. The summed E-state index contributed by atoms with van der Waals surface area (Å²) in [6.07, 6.45) is 5.63. The standard InChI is InChI=1S/C21H33N2O6P/c1-14(2)19(22-13-30(27,28)29)20(24)23-18(21(25)26)12-15-8-10-17(11-9-15)16-6-4-3-5-7-16/h8-11,14,16,18-19,22H,3-7,12-13H2,1-2H3,(H,23,24)(H,25,26)(H2,27,28,29)/t18-,19-/m0/s1. The molecule has 0 bridgehead atoms. The summed E-state index contributed by atoms with van der Waals surface area (Å²) in [5, 5.41) is 14.6. The van der Waals surface area contributed by atoms with Crippen molar-refractivity contribution < 1.29 is 29.0 Å². The van der Waals surface area contributed by atoms with Crippen LogP contribution in [0, 0.1) is 5.92 Å². The Hall–Kier alpha value is -1.73. The van der Waals surface area contributed by atoms with E-state index in [1.165, 1.54) is 37.7 Å². The molecule has 30 heavy (non-hydrogen) atoms. The third-order valence-electron chi connectivity index (χ3n) is 5.58. The van der Waals surface area contributed by atoms with Crippen molar-refractivity contribution in [2.24, 2.45) is 5.92 Å². The Balaban J connectivity index is 2.01. The Morgan fingerprint density at radius 2 is 1.70 bits per heavy atom. The van der Waals surface area contributed by atoms with E-state index in [1.54, 1.807) is 13.8 Å². The maximum absolute atomic E-state index is 12.6. The molecule has 0 saturated heterocycles. The average molecular weight is 440 g/mol. The van der Waals surface area contributed by atoms with Gasteiger partial charge in [0, 0.05) is 6.42 Å². The summed E-state index contributed by atoms with van der Waals surface area (Å²) in [5.74, 6) is -1.46. The molecule has 1 amide bonds. The fraction of sp³-hybridized carbons (Fsp3) is 0.619. The van der Waals surface area contributed by atoms with Gasteiger partial charge in [0.2, 0.25) is 5.91 Å². The summed E-state index contributed by atoms with van der Waals surface area (Å²) in [4.78, 5) is 42.3. The predicted octanol–water partition coefficient (Wildman–Crippen LogP) is 2.60. The first-order chi connectivity index (χ1) is 14.1. The van der Waals surface area contributed by atoms with Gasteiger partial charge < -0.3 is 20.2 Å². The summed E-state index contributed by atoms with van der Waals surface area (Å²) in [6.45, 7) is 3.44. The maximum atomic E-state index is 12.6. The van der Waals surface area contributed by atoms with Crippen molar-refractivity contribution in [3.8, 4) is 0 Å². The quantitative estimate of drug-likeness (QED) is 0.353. The van der Waals surface area contributed by atoms with Crippen molar-refractivity contribution in [1.82, 2.24) is 10.6 Å². The Bertz CT molecular complexity index is 755. The molecule has 5 N–H and O–H groups in total. The highest BCUT2D eigenvalue weighted by Crippen LogP contribution is 2.33. The van der Waals surface area contributed by atoms with Crippen LogP contribution >= 0.6 is 7.60 Å². The number of nitrogens with one attached hydrogen (secondary N) is 2. The van der Waals surface area contributed by atoms with Gasteiger partial charge in [-0.15, -0.1) is 0 Å². The van der Waals surface area contributed by atoms with E-state index in [4.69, 9.17) is 9.79 Å². The SMILES string of the molecule is CC(C)[C@H](NCP(=O)(O)O)C(=O)N[C@@H](Cc1ccc(C2CCCCC2)cc1)C(=O)O. The monoisotopic (exact) mass is 440 g/mol. The number of benzene rings is 1. The second-order valence-electron chi connectivity index (χ2n) is 8.43. The molecule has 8 nitrogen and oxygen atoms in total. The van der Waals surface area contributed by atoms with Crippen LogP contribution in [0.4, 0.5) is 0 Å². The fourth-order valence-corrected chi connectivity index (χ4v) is 4.34. The van der Waals surface area contributed by atoms with Gasteiger partial charge >= 0.3 is 13.6 Å². The second-order valence-corrected chi connectivity index (χ2v) is 10.1. The average Bonchev–Trinajstić information content (AvgIpc) is 2.67. The molecule has 1 fully saturated rings. The molecule has 2 atom stereocenters. The van der Waals surface area contributed by atoms with Crippen LogP contribution in [0.25, 0.3) is 0 Å². The molecule has 1 aromatic rings. The van der Waals surface area contributed by atoms with Crippen LogP contribution in [-0.2, 0) is 20.6 Å². The Morgan fingerprint density at radius 1 is 1.10 bits per heavy atom. The van der Waals surface area contributed by atoms with Crippen LogP contribution in [0.3, 0.4) is 0 Å². The van der Waals surface area contributed by atoms with E-state index in [0.29, 0.717) is 5.92 Å². The minimum Gasteiger partial charge on any atom is -0.480 e. The number of amides is 1. The lowest BCUT2D eigenvalue weighted by molar-refractivity contribution is -0.142. The Labute approximate surface area is 177 Å². The highest BCUT2D eigenvalue weighted by molar-refractivity contribution is 7.51. The lowest BCUT2D eigenvalue weighted by Gasteiger charge is -2.24. The van der Waals surface area contributed by atoms with Gasteiger partial charge in [-0.3, -0.25) is 14.7 Å². The summed E-state index contributed by atoms with van der Waals surface area (Å²) in [7, 11) is -4.33. The van der Waals surface area contributed by atoms with E-state index in [1.807, 2.05) is 24.3 Å². The van der Waals surface area contributed by atoms with Crippen LogP contribution in [-0.4, -0.2) is 45.1 Å². The molecule has 0 aromatic heterocycles. The number of carboxylic acids is 1. The lowest BCUT2D eigenvalue weighted by atomic mass is 9.84. The maximum Gasteiger partial charge on any atom is 0.339 e. The van der Waals surface area contributed by atoms with Gasteiger partial charge in [-0.25, -0.2) is 4.79 Å². The van der Waals surface area contributed by atoms with Crippen molar-refractivity contribution in [2.75, 3.05) is 6.29 Å². The summed E-state index contributed by atoms with van der Waals surface area (Å²) < 4.78 is 11.1. The van der Waals surface area contributed by atoms with E-state index >= 15 is 0 Å². The van der Waals surface area contributed by atoms with Gasteiger partial charge in [-0.2, -0.15) is 0 Å². The fourth-order valence-electron chi connectivity index (χ4n) is 3.91. The normalized spacial score (nSPS) is 17.5. The number of carbonyl (C=O) groups is 2. The van der Waals surface area contributed by atoms with Crippen LogP contribution in [0.15, 0.2) is 24.3 Å². The molecule has 1 aromatic carbocycles. The number of aliphatic carboxylic acids is 1. The van der Waals surface area contributed by atoms with Gasteiger partial charge in [0.25, 0.3) is 0 Å². The van der Waals surface area contributed by atoms with Crippen LogP contribution < -0.4 is 10.6 Å². The zero-order chi connectivity index (χ0) is 22.3. The molecule has 0 radical (unpaired) electrons. The van der Waals surface area contributed by atoms with Gasteiger partial charge in [-0.05, 0) is 35.8 Å². The van der Waals surface area contributed by atoms with Crippen LogP contribution in [0.2, 0.25) is 0 Å². The van der Waals surface area contributed by atoms with E-state index in [0.717, 1.165) is 5.56 Å². The molecular weight excluding hydrogens is 407 g/mol. The molecule has 0 heterocycles. The molecule has 0 aliphatic heterocycles. The molecule has 1 aliphatic carbocycles. The first kappa shape index (κ1) is 24.5.